The largest absolute Gasteiger partial charge is 0.508 e. The Bertz CT molecular complexity index is 793. The van der Waals surface area contributed by atoms with Crippen LogP contribution in [-0.2, 0) is 0 Å². The number of rotatable bonds is 1. The van der Waals surface area contributed by atoms with Crippen LogP contribution >= 0.6 is 0 Å². The Balaban J connectivity index is 2.53. The van der Waals surface area contributed by atoms with E-state index in [1.165, 1.54) is 25.3 Å². The van der Waals surface area contributed by atoms with Crippen molar-refractivity contribution in [3.05, 3.63) is 36.4 Å². The number of ether oxygens (including phenoxy) is 1. The summed E-state index contributed by atoms with van der Waals surface area (Å²) in [5.74, 6) is 0.488. The van der Waals surface area contributed by atoms with Crippen LogP contribution in [0.5, 0.6) is 23.0 Å². The topological polar surface area (TPSA) is 69.9 Å². The highest BCUT2D eigenvalue weighted by Crippen LogP contribution is 2.40. The first-order valence-electron chi connectivity index (χ1n) is 5.75. The molecule has 0 bridgehead atoms. The normalized spacial score (nSPS) is 11.0. The van der Waals surface area contributed by atoms with Gasteiger partial charge in [0.1, 0.15) is 23.0 Å². The summed E-state index contributed by atoms with van der Waals surface area (Å²) >= 11 is 0. The third-order valence-corrected chi connectivity index (χ3v) is 3.18. The molecule has 0 aromatic heterocycles. The fraction of sp³-hybridized carbons (Fsp3) is 0.0667. The SMILES string of the molecule is COc1cc(O)c2c(ccc3cc(O)cc(O)c32)c1. The molecule has 0 aliphatic rings. The molecule has 0 heterocycles. The molecule has 0 saturated carbocycles. The van der Waals surface area contributed by atoms with E-state index in [9.17, 15) is 15.3 Å². The zero-order valence-electron chi connectivity index (χ0n) is 10.2. The predicted octanol–water partition coefficient (Wildman–Crippen LogP) is 3.12. The molecule has 0 radical (unpaired) electrons. The average molecular weight is 256 g/mol. The van der Waals surface area contributed by atoms with Gasteiger partial charge in [-0.25, -0.2) is 0 Å². The van der Waals surface area contributed by atoms with Gasteiger partial charge in [-0.1, -0.05) is 12.1 Å². The highest BCUT2D eigenvalue weighted by Gasteiger charge is 2.12. The highest BCUT2D eigenvalue weighted by molar-refractivity contribution is 6.13. The zero-order valence-corrected chi connectivity index (χ0v) is 10.2. The van der Waals surface area contributed by atoms with Gasteiger partial charge < -0.3 is 20.1 Å². The maximum Gasteiger partial charge on any atom is 0.127 e. The molecule has 3 N–H and O–H groups in total. The van der Waals surface area contributed by atoms with Crippen LogP contribution in [0.3, 0.4) is 0 Å². The molecule has 0 spiro atoms. The van der Waals surface area contributed by atoms with Gasteiger partial charge in [0, 0.05) is 22.9 Å². The van der Waals surface area contributed by atoms with E-state index in [1.54, 1.807) is 18.2 Å². The number of phenolic OH excluding ortho intramolecular Hbond substituents is 3. The van der Waals surface area contributed by atoms with Crippen molar-refractivity contribution >= 4 is 21.5 Å². The van der Waals surface area contributed by atoms with E-state index in [-0.39, 0.29) is 17.2 Å². The van der Waals surface area contributed by atoms with Crippen molar-refractivity contribution in [3.63, 3.8) is 0 Å². The third-order valence-electron chi connectivity index (χ3n) is 3.18. The van der Waals surface area contributed by atoms with E-state index < -0.39 is 0 Å². The van der Waals surface area contributed by atoms with E-state index in [4.69, 9.17) is 4.74 Å². The lowest BCUT2D eigenvalue weighted by molar-refractivity contribution is 0.409. The minimum absolute atomic E-state index is 0.0163. The first kappa shape index (κ1) is 11.5. The molecule has 0 aliphatic carbocycles. The number of fused-ring (bicyclic) bond motifs is 3. The zero-order chi connectivity index (χ0) is 13.6. The van der Waals surface area contributed by atoms with Gasteiger partial charge in [0.15, 0.2) is 0 Å². The molecule has 0 unspecified atom stereocenters. The summed E-state index contributed by atoms with van der Waals surface area (Å²) in [7, 11) is 1.52. The van der Waals surface area contributed by atoms with Gasteiger partial charge >= 0.3 is 0 Å². The second-order valence-corrected chi connectivity index (χ2v) is 4.37. The first-order chi connectivity index (χ1) is 9.10. The molecular formula is C15H12O4. The summed E-state index contributed by atoms with van der Waals surface area (Å²) in [5.41, 5.74) is 0. The maximum atomic E-state index is 10.1. The lowest BCUT2D eigenvalue weighted by atomic mass is 10.00. The number of benzene rings is 3. The highest BCUT2D eigenvalue weighted by atomic mass is 16.5. The summed E-state index contributed by atoms with van der Waals surface area (Å²) in [5, 5.41) is 32.1. The van der Waals surface area contributed by atoms with Crippen LogP contribution in [0.1, 0.15) is 0 Å². The monoisotopic (exact) mass is 256 g/mol. The molecule has 96 valence electrons. The number of aromatic hydroxyl groups is 3. The first-order valence-corrected chi connectivity index (χ1v) is 5.75. The average Bonchev–Trinajstić information content (AvgIpc) is 2.37. The summed E-state index contributed by atoms with van der Waals surface area (Å²) < 4.78 is 5.10. The molecule has 3 rings (SSSR count). The van der Waals surface area contributed by atoms with E-state index >= 15 is 0 Å². The fourth-order valence-corrected chi connectivity index (χ4v) is 2.36. The molecule has 4 heteroatoms. The Morgan fingerprint density at radius 1 is 0.789 bits per heavy atom. The van der Waals surface area contributed by atoms with Gasteiger partial charge in [0.2, 0.25) is 0 Å². The van der Waals surface area contributed by atoms with Crippen molar-refractivity contribution < 1.29 is 20.1 Å². The molecule has 0 amide bonds. The van der Waals surface area contributed by atoms with E-state index in [1.807, 2.05) is 0 Å². The van der Waals surface area contributed by atoms with Gasteiger partial charge in [-0.15, -0.1) is 0 Å². The number of hydrogen-bond donors (Lipinski definition) is 3. The molecule has 3 aromatic rings. The minimum atomic E-state index is -0.0685. The Labute approximate surface area is 109 Å². The van der Waals surface area contributed by atoms with Crippen molar-refractivity contribution in [3.8, 4) is 23.0 Å². The second-order valence-electron chi connectivity index (χ2n) is 4.37. The summed E-state index contributed by atoms with van der Waals surface area (Å²) in [6, 6.07) is 9.65. The van der Waals surface area contributed by atoms with Gasteiger partial charge in [0.05, 0.1) is 7.11 Å². The van der Waals surface area contributed by atoms with Gasteiger partial charge in [-0.3, -0.25) is 0 Å². The third kappa shape index (κ3) is 1.69. The second kappa shape index (κ2) is 3.95. The number of methoxy groups -OCH3 is 1. The molecule has 0 saturated heterocycles. The quantitative estimate of drug-likeness (QED) is 0.585. The fourth-order valence-electron chi connectivity index (χ4n) is 2.36. The van der Waals surface area contributed by atoms with Gasteiger partial charge in [-0.2, -0.15) is 0 Å². The molecule has 19 heavy (non-hydrogen) atoms. The molecular weight excluding hydrogens is 244 g/mol. The van der Waals surface area contributed by atoms with E-state index in [0.29, 0.717) is 21.9 Å². The molecule has 0 aliphatic heterocycles. The van der Waals surface area contributed by atoms with Crippen molar-refractivity contribution in [1.82, 2.24) is 0 Å². The van der Waals surface area contributed by atoms with Crippen LogP contribution in [0.15, 0.2) is 36.4 Å². The van der Waals surface area contributed by atoms with Crippen LogP contribution in [0.2, 0.25) is 0 Å². The number of hydrogen-bond acceptors (Lipinski definition) is 4. The Hall–Kier alpha value is -2.62. The van der Waals surface area contributed by atoms with Crippen LogP contribution in [0, 0.1) is 0 Å². The van der Waals surface area contributed by atoms with E-state index in [0.717, 1.165) is 5.39 Å². The summed E-state index contributed by atoms with van der Waals surface area (Å²) in [6.45, 7) is 0. The molecule has 0 atom stereocenters. The van der Waals surface area contributed by atoms with Gasteiger partial charge in [0.25, 0.3) is 0 Å². The summed E-state index contributed by atoms with van der Waals surface area (Å²) in [6.07, 6.45) is 0. The van der Waals surface area contributed by atoms with Crippen molar-refractivity contribution in [2.45, 2.75) is 0 Å². The Kier molecular flexibility index (Phi) is 2.38. The molecule has 0 fully saturated rings. The van der Waals surface area contributed by atoms with Gasteiger partial charge in [-0.05, 0) is 22.9 Å². The van der Waals surface area contributed by atoms with Crippen LogP contribution in [-0.4, -0.2) is 22.4 Å². The van der Waals surface area contributed by atoms with Crippen LogP contribution < -0.4 is 4.74 Å². The lowest BCUT2D eigenvalue weighted by Gasteiger charge is -2.10. The number of phenols is 3. The molecule has 4 nitrogen and oxygen atoms in total. The van der Waals surface area contributed by atoms with E-state index in [2.05, 4.69) is 0 Å². The predicted molar refractivity (Wildman–Crippen MR) is 73.0 cm³/mol. The molecule has 3 aromatic carbocycles. The van der Waals surface area contributed by atoms with Crippen molar-refractivity contribution in [2.24, 2.45) is 0 Å². The summed E-state index contributed by atoms with van der Waals surface area (Å²) in [4.78, 5) is 0. The van der Waals surface area contributed by atoms with Crippen LogP contribution in [0.4, 0.5) is 0 Å². The lowest BCUT2D eigenvalue weighted by Crippen LogP contribution is -1.85. The van der Waals surface area contributed by atoms with Crippen molar-refractivity contribution in [2.75, 3.05) is 7.11 Å². The smallest absolute Gasteiger partial charge is 0.127 e. The maximum absolute atomic E-state index is 10.1. The standard InChI is InChI=1S/C15H12O4/c1-19-11-5-9-3-2-8-4-10(16)6-12(17)14(8)15(9)13(18)7-11/h2-7,16-18H,1H3. The van der Waals surface area contributed by atoms with Crippen molar-refractivity contribution in [1.29, 1.82) is 0 Å². The van der Waals surface area contributed by atoms with Crippen LogP contribution in [0.25, 0.3) is 21.5 Å². The Morgan fingerprint density at radius 3 is 2.00 bits per heavy atom. The minimum Gasteiger partial charge on any atom is -0.508 e. The Morgan fingerprint density at radius 2 is 1.37 bits per heavy atom.